The lowest BCUT2D eigenvalue weighted by Gasteiger charge is -2.25. The average molecular weight is 388 g/mol. The van der Waals surface area contributed by atoms with Gasteiger partial charge in [-0.2, -0.15) is 0 Å². The minimum atomic E-state index is 0.764. The Morgan fingerprint density at radius 3 is 2.72 bits per heavy atom. The molecule has 1 saturated heterocycles. The predicted octanol–water partition coefficient (Wildman–Crippen LogP) is 4.51. The number of hydrogen-bond acceptors (Lipinski definition) is 6. The van der Waals surface area contributed by atoms with Crippen LogP contribution in [0.25, 0.3) is 22.6 Å². The van der Waals surface area contributed by atoms with Crippen LogP contribution in [0.5, 0.6) is 0 Å². The molecule has 0 amide bonds. The molecule has 2 aromatic heterocycles. The molecule has 1 aliphatic carbocycles. The predicted molar refractivity (Wildman–Crippen MR) is 111 cm³/mol. The second-order valence-electron chi connectivity index (χ2n) is 7.81. The third-order valence-corrected chi connectivity index (χ3v) is 5.90. The van der Waals surface area contributed by atoms with Crippen LogP contribution in [0.4, 0.5) is 0 Å². The summed E-state index contributed by atoms with van der Waals surface area (Å²) in [4.78, 5) is 10.9. The van der Waals surface area contributed by atoms with Gasteiger partial charge in [0.15, 0.2) is 5.76 Å². The summed E-state index contributed by atoms with van der Waals surface area (Å²) in [5, 5.41) is 12.6. The van der Waals surface area contributed by atoms with Gasteiger partial charge < -0.3 is 9.62 Å². The zero-order chi connectivity index (χ0) is 19.6. The van der Waals surface area contributed by atoms with Gasteiger partial charge in [-0.15, -0.1) is 0 Å². The van der Waals surface area contributed by atoms with Gasteiger partial charge in [-0.05, 0) is 62.0 Å². The van der Waals surface area contributed by atoms with Crippen LogP contribution in [0.15, 0.2) is 52.4 Å². The van der Waals surface area contributed by atoms with Crippen LogP contribution >= 0.6 is 0 Å². The Morgan fingerprint density at radius 1 is 1.03 bits per heavy atom. The smallest absolute Gasteiger partial charge is 0.160 e. The Hall–Kier alpha value is -2.99. The van der Waals surface area contributed by atoms with Crippen molar-refractivity contribution in [2.24, 2.45) is 5.16 Å². The highest BCUT2D eigenvalue weighted by molar-refractivity contribution is 6.04. The summed E-state index contributed by atoms with van der Waals surface area (Å²) in [6.07, 6.45) is 8.80. The number of aromatic nitrogens is 2. The van der Waals surface area contributed by atoms with Crippen LogP contribution in [0.1, 0.15) is 42.6 Å². The fraction of sp³-hybridized carbons (Fsp3) is 0.348. The molecule has 1 N–H and O–H groups in total. The summed E-state index contributed by atoms with van der Waals surface area (Å²) in [6.45, 7) is 3.08. The highest BCUT2D eigenvalue weighted by Gasteiger charge is 2.22. The van der Waals surface area contributed by atoms with Gasteiger partial charge in [-0.3, -0.25) is 4.90 Å². The van der Waals surface area contributed by atoms with Crippen molar-refractivity contribution in [3.63, 3.8) is 0 Å². The molecule has 0 saturated carbocycles. The monoisotopic (exact) mass is 388 g/mol. The Kier molecular flexibility index (Phi) is 4.86. The first-order valence-electron chi connectivity index (χ1n) is 10.3. The van der Waals surface area contributed by atoms with Crippen LogP contribution in [0.3, 0.4) is 0 Å². The molecular formula is C23H24N4O2. The summed E-state index contributed by atoms with van der Waals surface area (Å²) in [7, 11) is 0. The standard InChI is InChI=1S/C23H24N4O2/c28-26-21-7-5-16-12-17(4-6-19(16)21)20-13-18(14-27-10-2-1-3-11-27)29-23(20)22-8-9-24-15-25-22/h4,6,8-9,12-13,15,28H,1-3,5,7,10-11,14H2. The minimum Gasteiger partial charge on any atom is -0.457 e. The van der Waals surface area contributed by atoms with Crippen molar-refractivity contribution in [2.45, 2.75) is 38.6 Å². The van der Waals surface area contributed by atoms with E-state index in [1.54, 1.807) is 12.5 Å². The molecule has 3 heterocycles. The molecule has 0 unspecified atom stereocenters. The zero-order valence-electron chi connectivity index (χ0n) is 16.3. The minimum absolute atomic E-state index is 0.764. The van der Waals surface area contributed by atoms with E-state index in [0.717, 1.165) is 72.1 Å². The Balaban J connectivity index is 1.54. The number of fused-ring (bicyclic) bond motifs is 1. The molecule has 3 aromatic rings. The molecule has 148 valence electrons. The van der Waals surface area contributed by atoms with Crippen LogP contribution < -0.4 is 0 Å². The fourth-order valence-corrected chi connectivity index (χ4v) is 4.43. The Bertz CT molecular complexity index is 1040. The van der Waals surface area contributed by atoms with Crippen molar-refractivity contribution in [1.82, 2.24) is 14.9 Å². The molecule has 0 spiro atoms. The Labute approximate surface area is 169 Å². The van der Waals surface area contributed by atoms with Crippen molar-refractivity contribution < 1.29 is 9.62 Å². The van der Waals surface area contributed by atoms with E-state index in [2.05, 4.69) is 38.2 Å². The Morgan fingerprint density at radius 2 is 1.93 bits per heavy atom. The number of nitrogens with zero attached hydrogens (tertiary/aromatic N) is 4. The molecule has 2 aliphatic rings. The van der Waals surface area contributed by atoms with E-state index in [0.29, 0.717) is 0 Å². The maximum absolute atomic E-state index is 9.21. The van der Waals surface area contributed by atoms with E-state index < -0.39 is 0 Å². The zero-order valence-corrected chi connectivity index (χ0v) is 16.3. The van der Waals surface area contributed by atoms with Crippen molar-refractivity contribution in [3.8, 4) is 22.6 Å². The highest BCUT2D eigenvalue weighted by atomic mass is 16.4. The van der Waals surface area contributed by atoms with Crippen LogP contribution in [0, 0.1) is 0 Å². The maximum atomic E-state index is 9.21. The topological polar surface area (TPSA) is 74.8 Å². The largest absolute Gasteiger partial charge is 0.457 e. The SMILES string of the molecule is ON=C1CCc2cc(-c3cc(CN4CCCCC4)oc3-c3ccncn3)ccc21. The van der Waals surface area contributed by atoms with Gasteiger partial charge >= 0.3 is 0 Å². The summed E-state index contributed by atoms with van der Waals surface area (Å²) in [5.74, 6) is 1.75. The number of benzene rings is 1. The number of piperidine rings is 1. The number of hydrogen-bond donors (Lipinski definition) is 1. The summed E-state index contributed by atoms with van der Waals surface area (Å²) < 4.78 is 6.32. The van der Waals surface area contributed by atoms with E-state index in [-0.39, 0.29) is 0 Å². The average Bonchev–Trinajstić information content (AvgIpc) is 3.38. The lowest BCUT2D eigenvalue weighted by atomic mass is 9.99. The first-order valence-corrected chi connectivity index (χ1v) is 10.3. The molecule has 1 aliphatic heterocycles. The fourth-order valence-electron chi connectivity index (χ4n) is 4.43. The van der Waals surface area contributed by atoms with E-state index in [4.69, 9.17) is 4.42 Å². The molecular weight excluding hydrogens is 364 g/mol. The quantitative estimate of drug-likeness (QED) is 0.526. The highest BCUT2D eigenvalue weighted by Crippen LogP contribution is 2.37. The first kappa shape index (κ1) is 18.1. The van der Waals surface area contributed by atoms with E-state index in [9.17, 15) is 5.21 Å². The molecule has 6 heteroatoms. The van der Waals surface area contributed by atoms with E-state index in [1.165, 1.54) is 24.8 Å². The third-order valence-electron chi connectivity index (χ3n) is 5.90. The van der Waals surface area contributed by atoms with E-state index in [1.807, 2.05) is 12.1 Å². The van der Waals surface area contributed by atoms with Gasteiger partial charge in [0.25, 0.3) is 0 Å². The van der Waals surface area contributed by atoms with Gasteiger partial charge in [-0.25, -0.2) is 9.97 Å². The summed E-state index contributed by atoms with van der Waals surface area (Å²) >= 11 is 0. The van der Waals surface area contributed by atoms with Gasteiger partial charge in [-0.1, -0.05) is 29.8 Å². The molecule has 0 atom stereocenters. The van der Waals surface area contributed by atoms with Gasteiger partial charge in [0.05, 0.1) is 12.3 Å². The van der Waals surface area contributed by atoms with E-state index >= 15 is 0 Å². The molecule has 29 heavy (non-hydrogen) atoms. The molecule has 0 bridgehead atoms. The number of likely N-dealkylation sites (tertiary alicyclic amines) is 1. The number of oxime groups is 1. The lowest BCUT2D eigenvalue weighted by molar-refractivity contribution is 0.206. The number of aryl methyl sites for hydroxylation is 1. The molecule has 1 aromatic carbocycles. The third kappa shape index (κ3) is 3.56. The maximum Gasteiger partial charge on any atom is 0.160 e. The van der Waals surface area contributed by atoms with Gasteiger partial charge in [0.1, 0.15) is 17.8 Å². The van der Waals surface area contributed by atoms with Crippen molar-refractivity contribution in [1.29, 1.82) is 0 Å². The van der Waals surface area contributed by atoms with Crippen LogP contribution in [0.2, 0.25) is 0 Å². The summed E-state index contributed by atoms with van der Waals surface area (Å²) in [5.41, 5.74) is 5.95. The van der Waals surface area contributed by atoms with Gasteiger partial charge in [0.2, 0.25) is 0 Å². The normalized spacial score (nSPS) is 18.3. The number of rotatable bonds is 4. The first-order chi connectivity index (χ1) is 14.3. The second-order valence-corrected chi connectivity index (χ2v) is 7.81. The summed E-state index contributed by atoms with van der Waals surface area (Å²) in [6, 6.07) is 10.4. The van der Waals surface area contributed by atoms with Crippen molar-refractivity contribution in [2.75, 3.05) is 13.1 Å². The lowest BCUT2D eigenvalue weighted by Crippen LogP contribution is -2.28. The molecule has 5 rings (SSSR count). The molecule has 0 radical (unpaired) electrons. The molecule has 6 nitrogen and oxygen atoms in total. The van der Waals surface area contributed by atoms with Crippen LogP contribution in [-0.4, -0.2) is 38.9 Å². The van der Waals surface area contributed by atoms with Crippen LogP contribution in [-0.2, 0) is 13.0 Å². The van der Waals surface area contributed by atoms with Crippen molar-refractivity contribution >= 4 is 5.71 Å². The molecule has 1 fully saturated rings. The van der Waals surface area contributed by atoms with Gasteiger partial charge in [0, 0.05) is 17.3 Å². The second kappa shape index (κ2) is 7.79. The number of furan rings is 1. The van der Waals surface area contributed by atoms with Crippen molar-refractivity contribution in [3.05, 3.63) is 59.7 Å².